The number of sulfonamides is 1. The summed E-state index contributed by atoms with van der Waals surface area (Å²) in [4.78, 5) is 0. The van der Waals surface area contributed by atoms with Gasteiger partial charge in [-0.1, -0.05) is 20.8 Å². The lowest BCUT2D eigenvalue weighted by atomic mass is 10.2. The van der Waals surface area contributed by atoms with Gasteiger partial charge in [-0.2, -0.15) is 0 Å². The molecule has 0 aromatic heterocycles. The van der Waals surface area contributed by atoms with E-state index >= 15 is 0 Å². The molecule has 1 saturated heterocycles. The molecule has 1 aliphatic heterocycles. The quantitative estimate of drug-likeness (QED) is 0.706. The first-order chi connectivity index (χ1) is 7.92. The van der Waals surface area contributed by atoms with Gasteiger partial charge in [-0.15, -0.1) is 0 Å². The molecular weight excluding hydrogens is 236 g/mol. The van der Waals surface area contributed by atoms with E-state index in [1.807, 2.05) is 0 Å². The molecule has 0 radical (unpaired) electrons. The van der Waals surface area contributed by atoms with Crippen LogP contribution in [0.1, 0.15) is 40.0 Å². The lowest BCUT2D eigenvalue weighted by molar-refractivity contribution is 0.461. The van der Waals surface area contributed by atoms with Crippen LogP contribution in [0.2, 0.25) is 0 Å². The predicted molar refractivity (Wildman–Crippen MR) is 71.5 cm³/mol. The van der Waals surface area contributed by atoms with Crippen molar-refractivity contribution < 1.29 is 8.42 Å². The summed E-state index contributed by atoms with van der Waals surface area (Å²) in [5, 5.41) is 3.30. The van der Waals surface area contributed by atoms with Crippen LogP contribution in [-0.2, 0) is 10.0 Å². The summed E-state index contributed by atoms with van der Waals surface area (Å²) in [7, 11) is -2.99. The van der Waals surface area contributed by atoms with Crippen molar-refractivity contribution in [2.24, 2.45) is 5.92 Å². The summed E-state index contributed by atoms with van der Waals surface area (Å²) in [5.41, 5.74) is 0. The highest BCUT2D eigenvalue weighted by atomic mass is 32.2. The second-order valence-corrected chi connectivity index (χ2v) is 7.47. The normalized spacial score (nSPS) is 22.5. The van der Waals surface area contributed by atoms with Gasteiger partial charge in [-0.05, 0) is 31.7 Å². The summed E-state index contributed by atoms with van der Waals surface area (Å²) >= 11 is 0. The van der Waals surface area contributed by atoms with Gasteiger partial charge in [-0.25, -0.2) is 12.7 Å². The zero-order valence-corrected chi connectivity index (χ0v) is 12.1. The first-order valence-corrected chi connectivity index (χ1v) is 8.24. The molecule has 4 nitrogen and oxygen atoms in total. The van der Waals surface area contributed by atoms with Crippen LogP contribution in [-0.4, -0.2) is 44.2 Å². The third kappa shape index (κ3) is 5.36. The number of nitrogens with one attached hydrogen (secondary N) is 1. The second-order valence-electron chi connectivity index (χ2n) is 5.38. The number of unbranched alkanes of at least 4 members (excludes halogenated alkanes) is 1. The van der Waals surface area contributed by atoms with Crippen molar-refractivity contribution in [2.75, 3.05) is 25.4 Å². The predicted octanol–water partition coefficient (Wildman–Crippen LogP) is 1.44. The Bertz CT molecular complexity index is 314. The molecule has 1 aliphatic rings. The van der Waals surface area contributed by atoms with Gasteiger partial charge in [0.15, 0.2) is 0 Å². The average molecular weight is 262 g/mol. The molecule has 0 saturated carbocycles. The Labute approximate surface area is 106 Å². The van der Waals surface area contributed by atoms with Crippen LogP contribution in [0, 0.1) is 5.92 Å². The van der Waals surface area contributed by atoms with Gasteiger partial charge in [0.2, 0.25) is 10.0 Å². The highest BCUT2D eigenvalue weighted by molar-refractivity contribution is 7.89. The number of hydrogen-bond acceptors (Lipinski definition) is 3. The van der Waals surface area contributed by atoms with E-state index in [1.54, 1.807) is 4.31 Å². The van der Waals surface area contributed by atoms with Gasteiger partial charge in [0.1, 0.15) is 0 Å². The van der Waals surface area contributed by atoms with Crippen molar-refractivity contribution in [1.29, 1.82) is 0 Å². The summed E-state index contributed by atoms with van der Waals surface area (Å²) in [6, 6.07) is 0.478. The molecule has 0 aromatic carbocycles. The molecular formula is C12H26N2O2S. The smallest absolute Gasteiger partial charge is 0.214 e. The van der Waals surface area contributed by atoms with Crippen molar-refractivity contribution in [3.63, 3.8) is 0 Å². The van der Waals surface area contributed by atoms with Crippen LogP contribution in [0.15, 0.2) is 0 Å². The lowest BCUT2D eigenvalue weighted by Crippen LogP contribution is -2.31. The molecule has 0 aromatic rings. The van der Waals surface area contributed by atoms with Crippen LogP contribution in [0.4, 0.5) is 0 Å². The molecule has 0 spiro atoms. The number of rotatable bonds is 7. The summed E-state index contributed by atoms with van der Waals surface area (Å²) in [6.45, 7) is 8.65. The van der Waals surface area contributed by atoms with E-state index in [9.17, 15) is 8.42 Å². The number of hydrogen-bond donors (Lipinski definition) is 1. The molecule has 1 heterocycles. The average Bonchev–Trinajstić information content (AvgIpc) is 2.64. The Balaban J connectivity index is 2.21. The number of nitrogens with zero attached hydrogens (tertiary/aromatic N) is 1. The molecule has 1 fully saturated rings. The fourth-order valence-corrected chi connectivity index (χ4v) is 3.77. The molecule has 0 bridgehead atoms. The fourth-order valence-electron chi connectivity index (χ4n) is 2.08. The molecule has 0 amide bonds. The highest BCUT2D eigenvalue weighted by Crippen LogP contribution is 2.19. The monoisotopic (exact) mass is 262 g/mol. The largest absolute Gasteiger partial charge is 0.315 e. The van der Waals surface area contributed by atoms with Crippen molar-refractivity contribution in [3.05, 3.63) is 0 Å². The Morgan fingerprint density at radius 3 is 2.59 bits per heavy atom. The fraction of sp³-hybridized carbons (Fsp3) is 1.00. The SMILES string of the molecule is CC1CCN(S(=O)(=O)CCCCNC(C)C)C1. The zero-order valence-electron chi connectivity index (χ0n) is 11.3. The van der Waals surface area contributed by atoms with Crippen molar-refractivity contribution in [2.45, 2.75) is 46.1 Å². The summed E-state index contributed by atoms with van der Waals surface area (Å²) in [5.74, 6) is 0.826. The summed E-state index contributed by atoms with van der Waals surface area (Å²) < 4.78 is 25.6. The molecule has 1 atom stereocenters. The van der Waals surface area contributed by atoms with Crippen molar-refractivity contribution in [1.82, 2.24) is 9.62 Å². The van der Waals surface area contributed by atoms with Crippen LogP contribution < -0.4 is 5.32 Å². The van der Waals surface area contributed by atoms with E-state index in [4.69, 9.17) is 0 Å². The van der Waals surface area contributed by atoms with Crippen molar-refractivity contribution >= 4 is 10.0 Å². The minimum absolute atomic E-state index is 0.305. The maximum atomic E-state index is 12.0. The molecule has 102 valence electrons. The van der Waals surface area contributed by atoms with Crippen molar-refractivity contribution in [3.8, 4) is 0 Å². The van der Waals surface area contributed by atoms with Crippen LogP contribution in [0.25, 0.3) is 0 Å². The second kappa shape index (κ2) is 6.71. The maximum Gasteiger partial charge on any atom is 0.214 e. The van der Waals surface area contributed by atoms with Gasteiger partial charge in [-0.3, -0.25) is 0 Å². The van der Waals surface area contributed by atoms with E-state index < -0.39 is 10.0 Å². The maximum absolute atomic E-state index is 12.0. The van der Waals surface area contributed by atoms with Gasteiger partial charge in [0.05, 0.1) is 5.75 Å². The molecule has 5 heteroatoms. The van der Waals surface area contributed by atoms with E-state index in [2.05, 4.69) is 26.1 Å². The first kappa shape index (κ1) is 14.9. The Morgan fingerprint density at radius 1 is 1.35 bits per heavy atom. The molecule has 17 heavy (non-hydrogen) atoms. The van der Waals surface area contributed by atoms with Gasteiger partial charge in [0.25, 0.3) is 0 Å². The standard InChI is InChI=1S/C12H26N2O2S/c1-11(2)13-7-4-5-9-17(15,16)14-8-6-12(3)10-14/h11-13H,4-10H2,1-3H3. The van der Waals surface area contributed by atoms with Gasteiger partial charge < -0.3 is 5.32 Å². The Hall–Kier alpha value is -0.130. The van der Waals surface area contributed by atoms with Crippen LogP contribution in [0.5, 0.6) is 0 Å². The Kier molecular flexibility index (Phi) is 5.89. The Morgan fingerprint density at radius 2 is 2.06 bits per heavy atom. The third-order valence-corrected chi connectivity index (χ3v) is 5.08. The van der Waals surface area contributed by atoms with Crippen LogP contribution >= 0.6 is 0 Å². The minimum Gasteiger partial charge on any atom is -0.315 e. The topological polar surface area (TPSA) is 49.4 Å². The molecule has 1 unspecified atom stereocenters. The van der Waals surface area contributed by atoms with E-state index in [0.717, 1.165) is 25.8 Å². The zero-order chi connectivity index (χ0) is 12.9. The molecule has 1 N–H and O–H groups in total. The molecule has 0 aliphatic carbocycles. The van der Waals surface area contributed by atoms with E-state index in [0.29, 0.717) is 30.8 Å². The highest BCUT2D eigenvalue weighted by Gasteiger charge is 2.28. The first-order valence-electron chi connectivity index (χ1n) is 6.63. The molecule has 1 rings (SSSR count). The lowest BCUT2D eigenvalue weighted by Gasteiger charge is -2.16. The van der Waals surface area contributed by atoms with E-state index in [1.165, 1.54) is 0 Å². The van der Waals surface area contributed by atoms with E-state index in [-0.39, 0.29) is 0 Å². The van der Waals surface area contributed by atoms with Gasteiger partial charge >= 0.3 is 0 Å². The van der Waals surface area contributed by atoms with Crippen LogP contribution in [0.3, 0.4) is 0 Å². The minimum atomic E-state index is -2.99. The van der Waals surface area contributed by atoms with Gasteiger partial charge in [0, 0.05) is 19.1 Å². The third-order valence-electron chi connectivity index (χ3n) is 3.16. The summed E-state index contributed by atoms with van der Waals surface area (Å²) in [6.07, 6.45) is 2.70.